The van der Waals surface area contributed by atoms with Crippen LogP contribution in [0.2, 0.25) is 0 Å². The van der Waals surface area contributed by atoms with Gasteiger partial charge in [-0.3, -0.25) is 0 Å². The van der Waals surface area contributed by atoms with Crippen LogP contribution in [0.25, 0.3) is 11.0 Å². The lowest BCUT2D eigenvalue weighted by molar-refractivity contribution is 0.272. The summed E-state index contributed by atoms with van der Waals surface area (Å²) in [6.07, 6.45) is 0. The fourth-order valence-corrected chi connectivity index (χ4v) is 3.10. The first-order chi connectivity index (χ1) is 13.8. The standard InChI is InChI=1S/C23H22N2O3/c1-26-19-10-7-11-20(16-19)27-15-14-25-22-13-6-5-12-21(22)24-23(25)17-28-18-8-3-2-4-9-18/h2-13,16H,14-15,17H2,1H3. The molecule has 1 heterocycles. The molecule has 5 heteroatoms. The number of methoxy groups -OCH3 is 1. The van der Waals surface area contributed by atoms with Crippen LogP contribution >= 0.6 is 0 Å². The fraction of sp³-hybridized carbons (Fsp3) is 0.174. The average Bonchev–Trinajstić information content (AvgIpc) is 3.11. The van der Waals surface area contributed by atoms with E-state index in [4.69, 9.17) is 19.2 Å². The molecule has 0 saturated carbocycles. The number of rotatable bonds is 8. The second kappa shape index (κ2) is 8.48. The Morgan fingerprint density at radius 1 is 0.786 bits per heavy atom. The van der Waals surface area contributed by atoms with Crippen LogP contribution in [-0.2, 0) is 13.2 Å². The van der Waals surface area contributed by atoms with Crippen LogP contribution in [0.3, 0.4) is 0 Å². The highest BCUT2D eigenvalue weighted by molar-refractivity contribution is 5.75. The fourth-order valence-electron chi connectivity index (χ4n) is 3.10. The highest BCUT2D eigenvalue weighted by Crippen LogP contribution is 2.21. The molecule has 0 spiro atoms. The van der Waals surface area contributed by atoms with Gasteiger partial charge < -0.3 is 18.8 Å². The van der Waals surface area contributed by atoms with Gasteiger partial charge in [0.1, 0.15) is 36.3 Å². The van der Waals surface area contributed by atoms with E-state index in [0.29, 0.717) is 19.8 Å². The summed E-state index contributed by atoms with van der Waals surface area (Å²) >= 11 is 0. The summed E-state index contributed by atoms with van der Waals surface area (Å²) in [5.74, 6) is 3.27. The van der Waals surface area contributed by atoms with Gasteiger partial charge in [-0.2, -0.15) is 0 Å². The van der Waals surface area contributed by atoms with Crippen molar-refractivity contribution < 1.29 is 14.2 Å². The molecule has 3 aromatic carbocycles. The van der Waals surface area contributed by atoms with Gasteiger partial charge in [0.25, 0.3) is 0 Å². The lowest BCUT2D eigenvalue weighted by Crippen LogP contribution is -2.13. The zero-order valence-corrected chi connectivity index (χ0v) is 15.7. The molecule has 142 valence electrons. The van der Waals surface area contributed by atoms with Gasteiger partial charge in [-0.15, -0.1) is 0 Å². The van der Waals surface area contributed by atoms with Crippen molar-refractivity contribution in [3.8, 4) is 17.2 Å². The number of aromatic nitrogens is 2. The maximum absolute atomic E-state index is 5.92. The average molecular weight is 374 g/mol. The van der Waals surface area contributed by atoms with E-state index in [1.54, 1.807) is 7.11 Å². The van der Waals surface area contributed by atoms with Gasteiger partial charge in [0.15, 0.2) is 0 Å². The lowest BCUT2D eigenvalue weighted by Gasteiger charge is -2.12. The normalized spacial score (nSPS) is 10.8. The van der Waals surface area contributed by atoms with Crippen LogP contribution in [0.15, 0.2) is 78.9 Å². The largest absolute Gasteiger partial charge is 0.497 e. The van der Waals surface area contributed by atoms with Crippen molar-refractivity contribution in [3.05, 3.63) is 84.7 Å². The van der Waals surface area contributed by atoms with Crippen molar-refractivity contribution >= 4 is 11.0 Å². The molecule has 0 N–H and O–H groups in total. The molecule has 0 aliphatic rings. The Labute approximate surface area is 164 Å². The van der Waals surface area contributed by atoms with Gasteiger partial charge in [-0.1, -0.05) is 36.4 Å². The van der Waals surface area contributed by atoms with Gasteiger partial charge in [0.05, 0.1) is 24.7 Å². The van der Waals surface area contributed by atoms with Crippen LogP contribution in [0.1, 0.15) is 5.82 Å². The first-order valence-electron chi connectivity index (χ1n) is 9.22. The van der Waals surface area contributed by atoms with Gasteiger partial charge in [0.2, 0.25) is 0 Å². The maximum atomic E-state index is 5.92. The number of para-hydroxylation sites is 3. The van der Waals surface area contributed by atoms with Crippen LogP contribution < -0.4 is 14.2 Å². The van der Waals surface area contributed by atoms with Crippen molar-refractivity contribution in [2.24, 2.45) is 0 Å². The number of hydrogen-bond donors (Lipinski definition) is 0. The van der Waals surface area contributed by atoms with E-state index >= 15 is 0 Å². The Morgan fingerprint density at radius 3 is 2.39 bits per heavy atom. The predicted octanol–water partition coefficient (Wildman–Crippen LogP) is 4.70. The molecule has 0 bridgehead atoms. The Hall–Kier alpha value is -3.47. The number of hydrogen-bond acceptors (Lipinski definition) is 4. The van der Waals surface area contributed by atoms with E-state index in [1.165, 1.54) is 0 Å². The highest BCUT2D eigenvalue weighted by Gasteiger charge is 2.11. The lowest BCUT2D eigenvalue weighted by atomic mass is 10.3. The molecular formula is C23H22N2O3. The minimum Gasteiger partial charge on any atom is -0.497 e. The second-order valence-corrected chi connectivity index (χ2v) is 6.30. The van der Waals surface area contributed by atoms with E-state index in [9.17, 15) is 0 Å². The molecule has 4 aromatic rings. The van der Waals surface area contributed by atoms with Crippen LogP contribution in [-0.4, -0.2) is 23.3 Å². The first kappa shape index (κ1) is 17.9. The summed E-state index contributed by atoms with van der Waals surface area (Å²) in [6, 6.07) is 25.5. The first-order valence-corrected chi connectivity index (χ1v) is 9.22. The Bertz CT molecular complexity index is 1040. The molecule has 0 unspecified atom stereocenters. The van der Waals surface area contributed by atoms with Crippen molar-refractivity contribution in [2.75, 3.05) is 13.7 Å². The summed E-state index contributed by atoms with van der Waals surface area (Å²) < 4.78 is 19.2. The van der Waals surface area contributed by atoms with E-state index in [2.05, 4.69) is 10.6 Å². The summed E-state index contributed by atoms with van der Waals surface area (Å²) in [5.41, 5.74) is 2.03. The van der Waals surface area contributed by atoms with Crippen molar-refractivity contribution in [1.82, 2.24) is 9.55 Å². The number of nitrogens with zero attached hydrogens (tertiary/aromatic N) is 2. The van der Waals surface area contributed by atoms with Crippen molar-refractivity contribution in [2.45, 2.75) is 13.2 Å². The molecule has 0 aliphatic carbocycles. The Morgan fingerprint density at radius 2 is 1.54 bits per heavy atom. The molecule has 1 aromatic heterocycles. The second-order valence-electron chi connectivity index (χ2n) is 6.30. The summed E-state index contributed by atoms with van der Waals surface area (Å²) in [6.45, 7) is 1.59. The van der Waals surface area contributed by atoms with Crippen molar-refractivity contribution in [1.29, 1.82) is 0 Å². The highest BCUT2D eigenvalue weighted by atomic mass is 16.5. The van der Waals surface area contributed by atoms with E-state index in [-0.39, 0.29) is 0 Å². The zero-order chi connectivity index (χ0) is 19.2. The monoisotopic (exact) mass is 374 g/mol. The summed E-state index contributed by atoms with van der Waals surface area (Å²) in [7, 11) is 1.65. The topological polar surface area (TPSA) is 45.5 Å². The SMILES string of the molecule is COc1cccc(OCCn2c(COc3ccccc3)nc3ccccc32)c1. The maximum Gasteiger partial charge on any atom is 0.148 e. The molecule has 0 radical (unpaired) electrons. The van der Waals surface area contributed by atoms with Gasteiger partial charge in [0, 0.05) is 6.07 Å². The number of benzene rings is 3. The number of imidazole rings is 1. The van der Waals surface area contributed by atoms with E-state index in [0.717, 1.165) is 34.1 Å². The van der Waals surface area contributed by atoms with Gasteiger partial charge in [-0.25, -0.2) is 4.98 Å². The van der Waals surface area contributed by atoms with E-state index in [1.807, 2.05) is 72.8 Å². The van der Waals surface area contributed by atoms with Crippen LogP contribution in [0.5, 0.6) is 17.2 Å². The molecule has 0 atom stereocenters. The number of fused-ring (bicyclic) bond motifs is 1. The van der Waals surface area contributed by atoms with Gasteiger partial charge >= 0.3 is 0 Å². The zero-order valence-electron chi connectivity index (χ0n) is 15.7. The quantitative estimate of drug-likeness (QED) is 0.448. The molecule has 0 amide bonds. The summed E-state index contributed by atoms with van der Waals surface area (Å²) in [4.78, 5) is 4.74. The minimum absolute atomic E-state index is 0.401. The Balaban J connectivity index is 1.49. The smallest absolute Gasteiger partial charge is 0.148 e. The molecule has 0 fully saturated rings. The Kier molecular flexibility index (Phi) is 5.43. The molecule has 4 rings (SSSR count). The van der Waals surface area contributed by atoms with Crippen LogP contribution in [0.4, 0.5) is 0 Å². The van der Waals surface area contributed by atoms with Crippen LogP contribution in [0, 0.1) is 0 Å². The predicted molar refractivity (Wildman–Crippen MR) is 109 cm³/mol. The molecule has 0 saturated heterocycles. The minimum atomic E-state index is 0.401. The van der Waals surface area contributed by atoms with Gasteiger partial charge in [-0.05, 0) is 36.4 Å². The molecule has 5 nitrogen and oxygen atoms in total. The molecule has 28 heavy (non-hydrogen) atoms. The third-order valence-corrected chi connectivity index (χ3v) is 4.47. The molecule has 0 aliphatic heterocycles. The van der Waals surface area contributed by atoms with Crippen molar-refractivity contribution in [3.63, 3.8) is 0 Å². The number of ether oxygens (including phenoxy) is 3. The molecular weight excluding hydrogens is 352 g/mol. The third kappa shape index (κ3) is 4.09. The third-order valence-electron chi connectivity index (χ3n) is 4.47. The summed E-state index contributed by atoms with van der Waals surface area (Å²) in [5, 5.41) is 0. The van der Waals surface area contributed by atoms with E-state index < -0.39 is 0 Å².